The van der Waals surface area contributed by atoms with Gasteiger partial charge in [0.2, 0.25) is 0 Å². The van der Waals surface area contributed by atoms with Crippen LogP contribution in [-0.4, -0.2) is 25.7 Å². The molecule has 0 bridgehead atoms. The van der Waals surface area contributed by atoms with E-state index in [-0.39, 0.29) is 0 Å². The van der Waals surface area contributed by atoms with Gasteiger partial charge in [0.05, 0.1) is 0 Å². The molecule has 1 saturated carbocycles. The SMILES string of the molecule is CC(CNC1CCCCC1)=C1CNC1. The Kier molecular flexibility index (Phi) is 3.60. The Balaban J connectivity index is 1.70. The van der Waals surface area contributed by atoms with E-state index in [0.717, 1.165) is 25.7 Å². The molecule has 0 amide bonds. The van der Waals surface area contributed by atoms with Gasteiger partial charge < -0.3 is 10.6 Å². The highest BCUT2D eigenvalue weighted by atomic mass is 14.9. The van der Waals surface area contributed by atoms with Gasteiger partial charge in [0.25, 0.3) is 0 Å². The van der Waals surface area contributed by atoms with Gasteiger partial charge in [-0.05, 0) is 25.3 Å². The topological polar surface area (TPSA) is 24.1 Å². The molecule has 0 aromatic carbocycles. The monoisotopic (exact) mass is 194 g/mol. The number of hydrogen-bond acceptors (Lipinski definition) is 2. The van der Waals surface area contributed by atoms with Crippen molar-refractivity contribution in [1.29, 1.82) is 0 Å². The van der Waals surface area contributed by atoms with Crippen molar-refractivity contribution in [3.05, 3.63) is 11.1 Å². The van der Waals surface area contributed by atoms with Crippen LogP contribution in [0.1, 0.15) is 39.0 Å². The smallest absolute Gasteiger partial charge is 0.0183 e. The van der Waals surface area contributed by atoms with Gasteiger partial charge >= 0.3 is 0 Å². The summed E-state index contributed by atoms with van der Waals surface area (Å²) in [7, 11) is 0. The van der Waals surface area contributed by atoms with Gasteiger partial charge in [0.1, 0.15) is 0 Å². The Morgan fingerprint density at radius 3 is 2.57 bits per heavy atom. The third-order valence-electron chi connectivity index (χ3n) is 3.54. The van der Waals surface area contributed by atoms with E-state index < -0.39 is 0 Å². The summed E-state index contributed by atoms with van der Waals surface area (Å²) in [5, 5.41) is 6.98. The first kappa shape index (κ1) is 10.2. The Hall–Kier alpha value is -0.340. The van der Waals surface area contributed by atoms with Crippen LogP contribution in [0.5, 0.6) is 0 Å². The molecular formula is C12H22N2. The minimum atomic E-state index is 0.798. The molecule has 14 heavy (non-hydrogen) atoms. The van der Waals surface area contributed by atoms with E-state index in [4.69, 9.17) is 0 Å². The normalized spacial score (nSPS) is 23.4. The lowest BCUT2D eigenvalue weighted by molar-refractivity contribution is 0.382. The summed E-state index contributed by atoms with van der Waals surface area (Å²) in [5.74, 6) is 0. The second-order valence-electron chi connectivity index (χ2n) is 4.70. The summed E-state index contributed by atoms with van der Waals surface area (Å²) < 4.78 is 0. The van der Waals surface area contributed by atoms with Gasteiger partial charge in [-0.3, -0.25) is 0 Å². The Morgan fingerprint density at radius 1 is 1.29 bits per heavy atom. The van der Waals surface area contributed by atoms with E-state index in [1.54, 1.807) is 11.1 Å². The number of rotatable bonds is 3. The standard InChI is InChI=1S/C12H22N2/c1-10(11-8-13-9-11)7-14-12-5-3-2-4-6-12/h12-14H,2-9H2,1H3. The van der Waals surface area contributed by atoms with Gasteiger partial charge in [0.15, 0.2) is 0 Å². The largest absolute Gasteiger partial charge is 0.310 e. The van der Waals surface area contributed by atoms with E-state index in [1.807, 2.05) is 0 Å². The Morgan fingerprint density at radius 2 is 2.00 bits per heavy atom. The Bertz CT molecular complexity index is 208. The molecular weight excluding hydrogens is 172 g/mol. The fraction of sp³-hybridized carbons (Fsp3) is 0.833. The van der Waals surface area contributed by atoms with Gasteiger partial charge in [-0.1, -0.05) is 24.8 Å². The quantitative estimate of drug-likeness (QED) is 0.670. The van der Waals surface area contributed by atoms with Crippen LogP contribution in [0.4, 0.5) is 0 Å². The van der Waals surface area contributed by atoms with Gasteiger partial charge in [-0.15, -0.1) is 0 Å². The summed E-state index contributed by atoms with van der Waals surface area (Å²) >= 11 is 0. The van der Waals surface area contributed by atoms with Crippen molar-refractivity contribution >= 4 is 0 Å². The van der Waals surface area contributed by atoms with E-state index in [0.29, 0.717) is 0 Å². The van der Waals surface area contributed by atoms with Crippen molar-refractivity contribution in [1.82, 2.24) is 10.6 Å². The zero-order valence-electron chi connectivity index (χ0n) is 9.23. The first-order chi connectivity index (χ1) is 6.86. The number of hydrogen-bond donors (Lipinski definition) is 2. The van der Waals surface area contributed by atoms with Crippen LogP contribution in [0, 0.1) is 0 Å². The molecule has 2 nitrogen and oxygen atoms in total. The van der Waals surface area contributed by atoms with Crippen LogP contribution in [-0.2, 0) is 0 Å². The van der Waals surface area contributed by atoms with Crippen LogP contribution < -0.4 is 10.6 Å². The van der Waals surface area contributed by atoms with Crippen LogP contribution in [0.15, 0.2) is 11.1 Å². The van der Waals surface area contributed by atoms with Crippen LogP contribution in [0.2, 0.25) is 0 Å². The molecule has 1 aliphatic carbocycles. The Labute approximate surface area is 87.2 Å². The second kappa shape index (κ2) is 4.94. The lowest BCUT2D eigenvalue weighted by atomic mass is 9.95. The van der Waals surface area contributed by atoms with E-state index in [2.05, 4.69) is 17.6 Å². The highest BCUT2D eigenvalue weighted by molar-refractivity contribution is 5.22. The summed E-state index contributed by atoms with van der Waals surface area (Å²) in [4.78, 5) is 0. The zero-order chi connectivity index (χ0) is 9.80. The van der Waals surface area contributed by atoms with Crippen molar-refractivity contribution in [2.75, 3.05) is 19.6 Å². The second-order valence-corrected chi connectivity index (χ2v) is 4.70. The molecule has 2 N–H and O–H groups in total. The lowest BCUT2D eigenvalue weighted by Gasteiger charge is -2.26. The van der Waals surface area contributed by atoms with Crippen molar-refractivity contribution < 1.29 is 0 Å². The number of nitrogens with one attached hydrogen (secondary N) is 2. The van der Waals surface area contributed by atoms with Gasteiger partial charge in [0, 0.05) is 25.7 Å². The molecule has 0 aromatic heterocycles. The first-order valence-electron chi connectivity index (χ1n) is 5.98. The predicted octanol–water partition coefficient (Wildman–Crippen LogP) is 1.83. The van der Waals surface area contributed by atoms with E-state index in [9.17, 15) is 0 Å². The third-order valence-corrected chi connectivity index (χ3v) is 3.54. The molecule has 0 aromatic rings. The lowest BCUT2D eigenvalue weighted by Crippen LogP contribution is -2.38. The van der Waals surface area contributed by atoms with Crippen LogP contribution in [0.25, 0.3) is 0 Å². The fourth-order valence-corrected chi connectivity index (χ4v) is 2.28. The third kappa shape index (κ3) is 2.58. The van der Waals surface area contributed by atoms with Crippen LogP contribution >= 0.6 is 0 Å². The molecule has 1 heterocycles. The minimum Gasteiger partial charge on any atom is -0.310 e. The highest BCUT2D eigenvalue weighted by Gasteiger charge is 2.14. The van der Waals surface area contributed by atoms with Crippen molar-refractivity contribution in [3.8, 4) is 0 Å². The molecule has 2 aliphatic rings. The van der Waals surface area contributed by atoms with E-state index in [1.165, 1.54) is 32.1 Å². The van der Waals surface area contributed by atoms with Crippen LogP contribution in [0.3, 0.4) is 0 Å². The summed E-state index contributed by atoms with van der Waals surface area (Å²) in [5.41, 5.74) is 3.18. The molecule has 2 fully saturated rings. The van der Waals surface area contributed by atoms with Crippen molar-refractivity contribution in [2.24, 2.45) is 0 Å². The molecule has 0 spiro atoms. The van der Waals surface area contributed by atoms with Gasteiger partial charge in [-0.25, -0.2) is 0 Å². The van der Waals surface area contributed by atoms with Crippen molar-refractivity contribution in [2.45, 2.75) is 45.1 Å². The van der Waals surface area contributed by atoms with Gasteiger partial charge in [-0.2, -0.15) is 0 Å². The average Bonchev–Trinajstić information content (AvgIpc) is 2.14. The average molecular weight is 194 g/mol. The molecule has 1 aliphatic heterocycles. The summed E-state index contributed by atoms with van der Waals surface area (Å²) in [6.45, 7) is 5.63. The highest BCUT2D eigenvalue weighted by Crippen LogP contribution is 2.17. The first-order valence-corrected chi connectivity index (χ1v) is 5.98. The molecule has 1 saturated heterocycles. The minimum absolute atomic E-state index is 0.798. The van der Waals surface area contributed by atoms with E-state index >= 15 is 0 Å². The molecule has 0 atom stereocenters. The summed E-state index contributed by atoms with van der Waals surface area (Å²) in [6, 6.07) is 0.798. The fourth-order valence-electron chi connectivity index (χ4n) is 2.28. The molecule has 2 rings (SSSR count). The maximum Gasteiger partial charge on any atom is 0.0183 e. The molecule has 0 radical (unpaired) electrons. The van der Waals surface area contributed by atoms with Crippen molar-refractivity contribution in [3.63, 3.8) is 0 Å². The zero-order valence-corrected chi connectivity index (χ0v) is 9.23. The maximum atomic E-state index is 3.68. The predicted molar refractivity (Wildman–Crippen MR) is 60.4 cm³/mol. The molecule has 0 unspecified atom stereocenters. The summed E-state index contributed by atoms with van der Waals surface area (Å²) in [6.07, 6.45) is 7.08. The molecule has 2 heteroatoms. The molecule has 80 valence electrons. The maximum absolute atomic E-state index is 3.68.